The maximum absolute atomic E-state index is 13.3. The van der Waals surface area contributed by atoms with Gasteiger partial charge in [0.15, 0.2) is 5.65 Å². The summed E-state index contributed by atoms with van der Waals surface area (Å²) in [7, 11) is 3.46. The zero-order valence-electron chi connectivity index (χ0n) is 18.4. The van der Waals surface area contributed by atoms with Crippen molar-refractivity contribution in [3.63, 3.8) is 0 Å². The zero-order valence-corrected chi connectivity index (χ0v) is 18.4. The molecule has 8 heteroatoms. The van der Waals surface area contributed by atoms with Gasteiger partial charge in [0, 0.05) is 24.8 Å². The van der Waals surface area contributed by atoms with Crippen molar-refractivity contribution < 1.29 is 9.53 Å². The molecular weight excluding hydrogens is 392 g/mol. The SMILES string of the molecule is COc1cccc(-c2cc(C(=O)NC(C)Cn3ccc(C)n3)c3c(C)nn(C)c3n2)c1. The summed E-state index contributed by atoms with van der Waals surface area (Å²) in [6, 6.07) is 11.3. The molecule has 3 aromatic heterocycles. The van der Waals surface area contributed by atoms with Crippen molar-refractivity contribution in [2.45, 2.75) is 33.4 Å². The lowest BCUT2D eigenvalue weighted by Gasteiger charge is -2.15. The first-order chi connectivity index (χ1) is 14.9. The molecule has 1 unspecified atom stereocenters. The van der Waals surface area contributed by atoms with Gasteiger partial charge in [-0.2, -0.15) is 10.2 Å². The molecule has 0 aliphatic carbocycles. The van der Waals surface area contributed by atoms with Crippen LogP contribution in [0, 0.1) is 13.8 Å². The number of aromatic nitrogens is 5. The van der Waals surface area contributed by atoms with Gasteiger partial charge < -0.3 is 10.1 Å². The summed E-state index contributed by atoms with van der Waals surface area (Å²) >= 11 is 0. The lowest BCUT2D eigenvalue weighted by Crippen LogP contribution is -2.36. The van der Waals surface area contributed by atoms with E-state index in [1.165, 1.54) is 0 Å². The Morgan fingerprint density at radius 3 is 2.71 bits per heavy atom. The summed E-state index contributed by atoms with van der Waals surface area (Å²) in [6.07, 6.45) is 1.91. The minimum absolute atomic E-state index is 0.104. The van der Waals surface area contributed by atoms with Gasteiger partial charge in [0.2, 0.25) is 0 Å². The molecule has 0 saturated carbocycles. The number of aryl methyl sites for hydroxylation is 3. The molecule has 1 atom stereocenters. The fourth-order valence-electron chi connectivity index (χ4n) is 3.75. The molecule has 0 saturated heterocycles. The van der Waals surface area contributed by atoms with Crippen LogP contribution in [-0.4, -0.2) is 43.6 Å². The van der Waals surface area contributed by atoms with E-state index in [2.05, 4.69) is 15.5 Å². The van der Waals surface area contributed by atoms with Crippen LogP contribution in [0.15, 0.2) is 42.6 Å². The van der Waals surface area contributed by atoms with Gasteiger partial charge in [-0.25, -0.2) is 4.98 Å². The largest absolute Gasteiger partial charge is 0.497 e. The number of fused-ring (bicyclic) bond motifs is 1. The third-order valence-corrected chi connectivity index (χ3v) is 5.19. The van der Waals surface area contributed by atoms with E-state index >= 15 is 0 Å². The highest BCUT2D eigenvalue weighted by molar-refractivity contribution is 6.07. The standard InChI is InChI=1S/C23H26N6O2/c1-14-9-10-29(26-14)13-15(2)24-23(30)19-12-20(17-7-6-8-18(11-17)31-5)25-22-21(19)16(3)27-28(22)4/h6-12,15H,13H2,1-5H3,(H,24,30). The molecule has 0 spiro atoms. The van der Waals surface area contributed by atoms with Crippen LogP contribution < -0.4 is 10.1 Å². The van der Waals surface area contributed by atoms with Crippen molar-refractivity contribution in [2.75, 3.05) is 7.11 Å². The van der Waals surface area contributed by atoms with Gasteiger partial charge >= 0.3 is 0 Å². The summed E-state index contributed by atoms with van der Waals surface area (Å²) in [6.45, 7) is 6.38. The van der Waals surface area contributed by atoms with Crippen molar-refractivity contribution in [1.29, 1.82) is 0 Å². The minimum Gasteiger partial charge on any atom is -0.497 e. The van der Waals surface area contributed by atoms with Crippen molar-refractivity contribution in [3.05, 3.63) is 59.5 Å². The Hall–Kier alpha value is -3.68. The summed E-state index contributed by atoms with van der Waals surface area (Å²) in [5.41, 5.74) is 4.49. The molecule has 0 aliphatic heterocycles. The van der Waals surface area contributed by atoms with Crippen molar-refractivity contribution in [2.24, 2.45) is 7.05 Å². The molecule has 160 valence electrons. The highest BCUT2D eigenvalue weighted by atomic mass is 16.5. The number of carbonyl (C=O) groups is 1. The predicted octanol–water partition coefficient (Wildman–Crippen LogP) is 3.28. The van der Waals surface area contributed by atoms with Crippen LogP contribution in [0.2, 0.25) is 0 Å². The molecule has 0 bridgehead atoms. The van der Waals surface area contributed by atoms with Crippen LogP contribution in [0.5, 0.6) is 5.75 Å². The topological polar surface area (TPSA) is 86.9 Å². The maximum Gasteiger partial charge on any atom is 0.252 e. The molecular formula is C23H26N6O2. The number of nitrogens with zero attached hydrogens (tertiary/aromatic N) is 5. The van der Waals surface area contributed by atoms with Crippen LogP contribution in [-0.2, 0) is 13.6 Å². The van der Waals surface area contributed by atoms with E-state index in [-0.39, 0.29) is 11.9 Å². The molecule has 4 aromatic rings. The van der Waals surface area contributed by atoms with Crippen LogP contribution >= 0.6 is 0 Å². The third-order valence-electron chi connectivity index (χ3n) is 5.19. The Morgan fingerprint density at radius 1 is 1.19 bits per heavy atom. The van der Waals surface area contributed by atoms with Crippen LogP contribution in [0.25, 0.3) is 22.3 Å². The molecule has 8 nitrogen and oxygen atoms in total. The number of ether oxygens (including phenoxy) is 1. The van der Waals surface area contributed by atoms with Gasteiger partial charge in [0.05, 0.1) is 41.7 Å². The molecule has 1 aromatic carbocycles. The Bertz CT molecular complexity index is 1260. The van der Waals surface area contributed by atoms with E-state index in [1.54, 1.807) is 11.8 Å². The van der Waals surface area contributed by atoms with E-state index in [1.807, 2.05) is 75.1 Å². The number of pyridine rings is 1. The molecule has 3 heterocycles. The van der Waals surface area contributed by atoms with E-state index in [0.717, 1.165) is 28.1 Å². The molecule has 31 heavy (non-hydrogen) atoms. The number of hydrogen-bond donors (Lipinski definition) is 1. The second kappa shape index (κ2) is 8.22. The van der Waals surface area contributed by atoms with E-state index in [9.17, 15) is 4.79 Å². The second-order valence-corrected chi connectivity index (χ2v) is 7.75. The third kappa shape index (κ3) is 4.14. The summed E-state index contributed by atoms with van der Waals surface area (Å²) in [4.78, 5) is 18.1. The molecule has 0 aliphatic rings. The lowest BCUT2D eigenvalue weighted by molar-refractivity contribution is 0.0937. The van der Waals surface area contributed by atoms with E-state index < -0.39 is 0 Å². The van der Waals surface area contributed by atoms with Gasteiger partial charge in [-0.3, -0.25) is 14.2 Å². The molecule has 1 N–H and O–H groups in total. The van der Waals surface area contributed by atoms with Crippen molar-refractivity contribution in [1.82, 2.24) is 29.9 Å². The van der Waals surface area contributed by atoms with Gasteiger partial charge in [-0.15, -0.1) is 0 Å². The Labute approximate surface area is 180 Å². The average molecular weight is 419 g/mol. The summed E-state index contributed by atoms with van der Waals surface area (Å²) in [5, 5.41) is 12.7. The first-order valence-electron chi connectivity index (χ1n) is 10.2. The van der Waals surface area contributed by atoms with Crippen LogP contribution in [0.3, 0.4) is 0 Å². The monoisotopic (exact) mass is 418 g/mol. The molecule has 1 amide bonds. The summed E-state index contributed by atoms with van der Waals surface area (Å²) < 4.78 is 8.89. The quantitative estimate of drug-likeness (QED) is 0.519. The van der Waals surface area contributed by atoms with Crippen LogP contribution in [0.4, 0.5) is 0 Å². The first-order valence-corrected chi connectivity index (χ1v) is 10.2. The Morgan fingerprint density at radius 2 is 2.00 bits per heavy atom. The highest BCUT2D eigenvalue weighted by Gasteiger charge is 2.20. The fourth-order valence-corrected chi connectivity index (χ4v) is 3.75. The minimum atomic E-state index is -0.163. The number of amides is 1. The average Bonchev–Trinajstić information content (AvgIpc) is 3.29. The van der Waals surface area contributed by atoms with Crippen molar-refractivity contribution in [3.8, 4) is 17.0 Å². The fraction of sp³-hybridized carbons (Fsp3) is 0.304. The zero-order chi connectivity index (χ0) is 22.1. The van der Waals surface area contributed by atoms with E-state index in [0.29, 0.717) is 23.4 Å². The number of nitrogens with one attached hydrogen (secondary N) is 1. The van der Waals surface area contributed by atoms with Gasteiger partial charge in [0.1, 0.15) is 5.75 Å². The van der Waals surface area contributed by atoms with E-state index in [4.69, 9.17) is 9.72 Å². The summed E-state index contributed by atoms with van der Waals surface area (Å²) in [5.74, 6) is 0.568. The Kier molecular flexibility index (Phi) is 5.46. The van der Waals surface area contributed by atoms with Gasteiger partial charge in [-0.1, -0.05) is 12.1 Å². The second-order valence-electron chi connectivity index (χ2n) is 7.75. The maximum atomic E-state index is 13.3. The Balaban J connectivity index is 1.72. The van der Waals surface area contributed by atoms with Gasteiger partial charge in [-0.05, 0) is 45.0 Å². The number of rotatable bonds is 6. The molecule has 0 fully saturated rings. The number of carbonyl (C=O) groups excluding carboxylic acids is 1. The van der Waals surface area contributed by atoms with Gasteiger partial charge in [0.25, 0.3) is 5.91 Å². The van der Waals surface area contributed by atoms with Crippen LogP contribution in [0.1, 0.15) is 28.7 Å². The first kappa shape index (κ1) is 20.6. The number of benzene rings is 1. The predicted molar refractivity (Wildman–Crippen MR) is 119 cm³/mol. The molecule has 4 rings (SSSR count). The molecule has 0 radical (unpaired) electrons. The number of hydrogen-bond acceptors (Lipinski definition) is 5. The van der Waals surface area contributed by atoms with Crippen molar-refractivity contribution >= 4 is 16.9 Å². The lowest BCUT2D eigenvalue weighted by atomic mass is 10.0. The highest BCUT2D eigenvalue weighted by Crippen LogP contribution is 2.28. The smallest absolute Gasteiger partial charge is 0.252 e. The number of methoxy groups -OCH3 is 1. The normalized spacial score (nSPS) is 12.2.